The average molecular weight is 311 g/mol. The van der Waals surface area contributed by atoms with Gasteiger partial charge in [0.1, 0.15) is 0 Å². The van der Waals surface area contributed by atoms with Crippen LogP contribution in [-0.4, -0.2) is 33.3 Å². The van der Waals surface area contributed by atoms with Crippen molar-refractivity contribution in [3.05, 3.63) is 0 Å². The van der Waals surface area contributed by atoms with E-state index in [1.807, 2.05) is 5.06 Å². The predicted molar refractivity (Wildman–Crippen MR) is 87.2 cm³/mol. The van der Waals surface area contributed by atoms with Gasteiger partial charge in [-0.25, -0.2) is 0 Å². The van der Waals surface area contributed by atoms with Gasteiger partial charge in [0.15, 0.2) is 0 Å². The molecule has 4 heteroatoms. The maximum Gasteiger partial charge on any atom is 0.322 e. The van der Waals surface area contributed by atoms with Crippen LogP contribution >= 0.6 is 0 Å². The zero-order valence-electron chi connectivity index (χ0n) is 15.7. The normalized spacial score (nSPS) is 39.9. The van der Waals surface area contributed by atoms with Gasteiger partial charge in [-0.1, -0.05) is 13.8 Å². The Labute approximate surface area is 135 Å². The number of hydroxylamine groups is 2. The summed E-state index contributed by atoms with van der Waals surface area (Å²) in [4.78, 5) is 17.3. The Morgan fingerprint density at radius 2 is 1.45 bits per heavy atom. The Bertz CT molecular complexity index is 445. The largest absolute Gasteiger partial charge is 0.368 e. The first-order valence-corrected chi connectivity index (χ1v) is 8.46. The lowest BCUT2D eigenvalue weighted by molar-refractivity contribution is -0.332. The van der Waals surface area contributed by atoms with Crippen molar-refractivity contribution in [2.75, 3.05) is 0 Å². The quantitative estimate of drug-likeness (QED) is 0.735. The second-order valence-corrected chi connectivity index (χ2v) is 8.94. The molecule has 0 aliphatic carbocycles. The number of hydrogen-bond donors (Lipinski definition) is 0. The number of carbonyl (C=O) groups excluding carboxylic acids is 1. The van der Waals surface area contributed by atoms with Crippen LogP contribution in [0.4, 0.5) is 0 Å². The Morgan fingerprint density at radius 3 is 1.77 bits per heavy atom. The van der Waals surface area contributed by atoms with Gasteiger partial charge in [0.2, 0.25) is 0 Å². The molecule has 2 aliphatic heterocycles. The summed E-state index contributed by atoms with van der Waals surface area (Å²) in [7, 11) is 0. The molecule has 2 saturated heterocycles. The zero-order chi connectivity index (χ0) is 17.1. The third kappa shape index (κ3) is 2.39. The molecule has 0 saturated carbocycles. The lowest BCUT2D eigenvalue weighted by atomic mass is 9.59. The van der Waals surface area contributed by atoms with Crippen LogP contribution in [0.1, 0.15) is 75.2 Å². The van der Waals surface area contributed by atoms with Gasteiger partial charge in [-0.2, -0.15) is 0 Å². The fraction of sp³-hybridized carbons (Fsp3) is 0.944. The molecule has 22 heavy (non-hydrogen) atoms. The molecule has 2 rings (SSSR count). The van der Waals surface area contributed by atoms with E-state index >= 15 is 0 Å². The molecule has 2 heterocycles. The highest BCUT2D eigenvalue weighted by Gasteiger charge is 2.66. The number of rotatable bonds is 1. The summed E-state index contributed by atoms with van der Waals surface area (Å²) in [6.07, 6.45) is 2.13. The molecule has 2 atom stereocenters. The summed E-state index contributed by atoms with van der Waals surface area (Å²) in [5, 5.41) is 1.91. The number of piperidine rings is 1. The van der Waals surface area contributed by atoms with Crippen LogP contribution in [0.5, 0.6) is 0 Å². The molecule has 0 bridgehead atoms. The third-order valence-corrected chi connectivity index (χ3v) is 6.44. The standard InChI is InChI=1S/C18H33NO3/c1-12-16(6,7)19(21-14(3)20)17(8,9)13(2)18(12)11-10-15(4,5)22-18/h12-13H,10-11H2,1-9H3. The van der Waals surface area contributed by atoms with Gasteiger partial charge in [0, 0.05) is 18.8 Å². The first-order valence-electron chi connectivity index (χ1n) is 8.46. The Kier molecular flexibility index (Phi) is 3.98. The monoisotopic (exact) mass is 311 g/mol. The van der Waals surface area contributed by atoms with Crippen molar-refractivity contribution in [2.45, 2.75) is 97.4 Å². The van der Waals surface area contributed by atoms with Gasteiger partial charge >= 0.3 is 5.97 Å². The van der Waals surface area contributed by atoms with Gasteiger partial charge in [0.05, 0.1) is 22.3 Å². The molecular weight excluding hydrogens is 278 g/mol. The SMILES string of the molecule is CC(=O)ON1C(C)(C)C(C)C2(CCC(C)(C)O2)C(C)C1(C)C. The van der Waals surface area contributed by atoms with Crippen molar-refractivity contribution in [1.29, 1.82) is 0 Å². The molecule has 0 N–H and O–H groups in total. The van der Waals surface area contributed by atoms with E-state index in [4.69, 9.17) is 9.57 Å². The molecule has 4 nitrogen and oxygen atoms in total. The Hall–Kier alpha value is -0.610. The van der Waals surface area contributed by atoms with Gasteiger partial charge in [0.25, 0.3) is 0 Å². The van der Waals surface area contributed by atoms with Crippen LogP contribution in [0.2, 0.25) is 0 Å². The first kappa shape index (κ1) is 17.7. The van der Waals surface area contributed by atoms with Crippen molar-refractivity contribution in [3.8, 4) is 0 Å². The summed E-state index contributed by atoms with van der Waals surface area (Å²) < 4.78 is 6.66. The highest BCUT2D eigenvalue weighted by atomic mass is 16.7. The van der Waals surface area contributed by atoms with Crippen LogP contribution in [0, 0.1) is 11.8 Å². The van der Waals surface area contributed by atoms with Crippen molar-refractivity contribution >= 4 is 5.97 Å². The minimum atomic E-state index is -0.290. The summed E-state index contributed by atoms with van der Waals surface area (Å²) in [5.74, 6) is 0.248. The molecule has 0 aromatic carbocycles. The molecule has 2 fully saturated rings. The number of ether oxygens (including phenoxy) is 1. The molecular formula is C18H33NO3. The molecule has 2 unspecified atom stereocenters. The molecule has 0 amide bonds. The van der Waals surface area contributed by atoms with Crippen molar-refractivity contribution < 1.29 is 14.4 Å². The fourth-order valence-corrected chi connectivity index (χ4v) is 4.75. The second kappa shape index (κ2) is 4.94. The van der Waals surface area contributed by atoms with Gasteiger partial charge < -0.3 is 9.57 Å². The van der Waals surface area contributed by atoms with Crippen LogP contribution in [0.15, 0.2) is 0 Å². The second-order valence-electron chi connectivity index (χ2n) is 8.94. The van der Waals surface area contributed by atoms with Gasteiger partial charge in [-0.3, -0.25) is 4.79 Å². The average Bonchev–Trinajstić information content (AvgIpc) is 2.69. The zero-order valence-corrected chi connectivity index (χ0v) is 15.7. The van der Waals surface area contributed by atoms with E-state index < -0.39 is 0 Å². The van der Waals surface area contributed by atoms with Crippen LogP contribution in [0.25, 0.3) is 0 Å². The lowest BCUT2D eigenvalue weighted by Gasteiger charge is -2.63. The van der Waals surface area contributed by atoms with E-state index in [1.165, 1.54) is 6.92 Å². The number of nitrogens with zero attached hydrogens (tertiary/aromatic N) is 1. The van der Waals surface area contributed by atoms with Crippen LogP contribution in [0.3, 0.4) is 0 Å². The predicted octanol–water partition coefficient (Wildman–Crippen LogP) is 3.94. The molecule has 0 aromatic rings. The summed E-state index contributed by atoms with van der Waals surface area (Å²) in [6.45, 7) is 18.9. The summed E-state index contributed by atoms with van der Waals surface area (Å²) >= 11 is 0. The fourth-order valence-electron chi connectivity index (χ4n) is 4.75. The minimum absolute atomic E-state index is 0.0850. The van der Waals surface area contributed by atoms with Crippen LogP contribution in [-0.2, 0) is 14.4 Å². The van der Waals surface area contributed by atoms with E-state index in [9.17, 15) is 4.79 Å². The van der Waals surface area contributed by atoms with E-state index in [0.29, 0.717) is 0 Å². The van der Waals surface area contributed by atoms with Gasteiger partial charge in [-0.05, 0) is 54.4 Å². The maximum absolute atomic E-state index is 11.6. The molecule has 2 aliphatic rings. The van der Waals surface area contributed by atoms with E-state index in [2.05, 4.69) is 55.4 Å². The van der Waals surface area contributed by atoms with E-state index in [-0.39, 0.29) is 40.1 Å². The minimum Gasteiger partial charge on any atom is -0.368 e. The Balaban J connectivity index is 2.49. The molecule has 1 spiro atoms. The Morgan fingerprint density at radius 1 is 1.00 bits per heavy atom. The summed E-state index contributed by atoms with van der Waals surface area (Å²) in [6, 6.07) is 0. The number of carbonyl (C=O) groups is 1. The highest BCUT2D eigenvalue weighted by molar-refractivity contribution is 5.65. The lowest BCUT2D eigenvalue weighted by Crippen LogP contribution is -2.74. The van der Waals surface area contributed by atoms with Crippen molar-refractivity contribution in [2.24, 2.45) is 11.8 Å². The van der Waals surface area contributed by atoms with E-state index in [0.717, 1.165) is 12.8 Å². The first-order chi connectivity index (χ1) is 9.77. The highest BCUT2D eigenvalue weighted by Crippen LogP contribution is 2.58. The molecule has 0 aromatic heterocycles. The smallest absolute Gasteiger partial charge is 0.322 e. The van der Waals surface area contributed by atoms with E-state index in [1.54, 1.807) is 0 Å². The van der Waals surface area contributed by atoms with Gasteiger partial charge in [-0.15, -0.1) is 5.06 Å². The van der Waals surface area contributed by atoms with Crippen molar-refractivity contribution in [1.82, 2.24) is 5.06 Å². The van der Waals surface area contributed by atoms with Crippen LogP contribution < -0.4 is 0 Å². The summed E-state index contributed by atoms with van der Waals surface area (Å²) in [5.41, 5.74) is -0.838. The molecule has 0 radical (unpaired) electrons. The third-order valence-electron chi connectivity index (χ3n) is 6.44. The van der Waals surface area contributed by atoms with Crippen molar-refractivity contribution in [3.63, 3.8) is 0 Å². The molecule has 128 valence electrons. The maximum atomic E-state index is 11.6. The number of hydrogen-bond acceptors (Lipinski definition) is 4. The topological polar surface area (TPSA) is 38.8 Å².